The lowest BCUT2D eigenvalue weighted by atomic mass is 10.1. The van der Waals surface area contributed by atoms with Crippen molar-refractivity contribution in [2.45, 2.75) is 38.0 Å². The smallest absolute Gasteiger partial charge is 0.233 e. The van der Waals surface area contributed by atoms with Crippen molar-refractivity contribution in [2.24, 2.45) is 0 Å². The van der Waals surface area contributed by atoms with Gasteiger partial charge in [-0.1, -0.05) is 42.1 Å². The number of carbonyl (C=O) groups is 1. The van der Waals surface area contributed by atoms with E-state index in [-0.39, 0.29) is 11.9 Å². The topological polar surface area (TPSA) is 68.4 Å². The predicted molar refractivity (Wildman–Crippen MR) is 101 cm³/mol. The molecule has 1 saturated heterocycles. The quantitative estimate of drug-likeness (QED) is 0.758. The SMILES string of the molecule is CC(C)n1nnnc1SCC(=O)N1CC[NH+]([C@@H](C)c2ccccc2)CC1. The van der Waals surface area contributed by atoms with Crippen LogP contribution in [0.1, 0.15) is 38.4 Å². The summed E-state index contributed by atoms with van der Waals surface area (Å²) in [6.45, 7) is 9.90. The molecule has 1 N–H and O–H groups in total. The van der Waals surface area contributed by atoms with E-state index < -0.39 is 0 Å². The first-order chi connectivity index (χ1) is 12.6. The van der Waals surface area contributed by atoms with Gasteiger partial charge in [-0.05, 0) is 31.2 Å². The second-order valence-corrected chi connectivity index (χ2v) is 7.90. The third-order valence-electron chi connectivity index (χ3n) is 4.95. The van der Waals surface area contributed by atoms with E-state index in [1.54, 1.807) is 4.68 Å². The maximum atomic E-state index is 12.5. The van der Waals surface area contributed by atoms with Crippen LogP contribution in [0.25, 0.3) is 0 Å². The van der Waals surface area contributed by atoms with E-state index in [0.29, 0.717) is 17.0 Å². The van der Waals surface area contributed by atoms with Gasteiger partial charge in [-0.2, -0.15) is 0 Å². The zero-order valence-electron chi connectivity index (χ0n) is 15.6. The van der Waals surface area contributed by atoms with Gasteiger partial charge in [0.2, 0.25) is 11.1 Å². The highest BCUT2D eigenvalue weighted by Crippen LogP contribution is 2.18. The Morgan fingerprint density at radius 3 is 2.54 bits per heavy atom. The summed E-state index contributed by atoms with van der Waals surface area (Å²) in [6.07, 6.45) is 0. The first-order valence-corrected chi connectivity index (χ1v) is 10.1. The lowest BCUT2D eigenvalue weighted by molar-refractivity contribution is -0.933. The van der Waals surface area contributed by atoms with Crippen molar-refractivity contribution in [3.63, 3.8) is 0 Å². The maximum Gasteiger partial charge on any atom is 0.233 e. The summed E-state index contributed by atoms with van der Waals surface area (Å²) in [5, 5.41) is 12.4. The van der Waals surface area contributed by atoms with Gasteiger partial charge in [0.15, 0.2) is 0 Å². The van der Waals surface area contributed by atoms with Gasteiger partial charge in [0.25, 0.3) is 0 Å². The normalized spacial score (nSPS) is 16.8. The van der Waals surface area contributed by atoms with Gasteiger partial charge in [-0.3, -0.25) is 4.79 Å². The molecule has 140 valence electrons. The Labute approximate surface area is 158 Å². The highest BCUT2D eigenvalue weighted by Gasteiger charge is 2.28. The fraction of sp³-hybridized carbons (Fsp3) is 0.556. The number of hydrogen-bond acceptors (Lipinski definition) is 5. The number of rotatable bonds is 6. The molecule has 3 rings (SSSR count). The van der Waals surface area contributed by atoms with E-state index in [0.717, 1.165) is 26.2 Å². The predicted octanol–water partition coefficient (Wildman–Crippen LogP) is 0.834. The summed E-state index contributed by atoms with van der Waals surface area (Å²) < 4.78 is 1.75. The molecule has 2 aromatic rings. The van der Waals surface area contributed by atoms with E-state index in [1.165, 1.54) is 22.2 Å². The first-order valence-electron chi connectivity index (χ1n) is 9.14. The van der Waals surface area contributed by atoms with Gasteiger partial charge < -0.3 is 9.80 Å². The number of hydrogen-bond donors (Lipinski definition) is 1. The molecule has 0 aliphatic carbocycles. The zero-order valence-corrected chi connectivity index (χ0v) is 16.4. The van der Waals surface area contributed by atoms with Crippen LogP contribution in [0, 0.1) is 0 Å². The van der Waals surface area contributed by atoms with Crippen molar-refractivity contribution in [2.75, 3.05) is 31.9 Å². The van der Waals surface area contributed by atoms with Crippen LogP contribution in [-0.2, 0) is 4.79 Å². The number of piperazine rings is 1. The van der Waals surface area contributed by atoms with Crippen molar-refractivity contribution < 1.29 is 9.69 Å². The minimum absolute atomic E-state index is 0.166. The second kappa shape index (κ2) is 8.64. The standard InChI is InChI=1S/C18H26N6OS/c1-14(2)24-18(19-20-21-24)26-13-17(25)23-11-9-22(10-12-23)15(3)16-7-5-4-6-8-16/h4-8,14-15H,9-13H2,1-3H3/p+1/t15-/m0/s1. The monoisotopic (exact) mass is 375 g/mol. The Bertz CT molecular complexity index is 711. The second-order valence-electron chi connectivity index (χ2n) is 6.96. The van der Waals surface area contributed by atoms with E-state index >= 15 is 0 Å². The van der Waals surface area contributed by atoms with Crippen LogP contribution >= 0.6 is 11.8 Å². The molecule has 0 radical (unpaired) electrons. The highest BCUT2D eigenvalue weighted by atomic mass is 32.2. The van der Waals surface area contributed by atoms with E-state index in [1.807, 2.05) is 18.7 Å². The average Bonchev–Trinajstić information content (AvgIpc) is 3.15. The number of nitrogens with one attached hydrogen (secondary N) is 1. The highest BCUT2D eigenvalue weighted by molar-refractivity contribution is 7.99. The molecule has 0 saturated carbocycles. The summed E-state index contributed by atoms with van der Waals surface area (Å²) in [6, 6.07) is 11.2. The fourth-order valence-corrected chi connectivity index (χ4v) is 4.18. The van der Waals surface area contributed by atoms with Crippen molar-refractivity contribution in [3.8, 4) is 0 Å². The number of thioether (sulfide) groups is 1. The van der Waals surface area contributed by atoms with Crippen LogP contribution in [0.4, 0.5) is 0 Å². The molecule has 8 heteroatoms. The molecule has 1 aliphatic heterocycles. The summed E-state index contributed by atoms with van der Waals surface area (Å²) in [5.74, 6) is 0.552. The molecule has 1 fully saturated rings. The molecule has 2 heterocycles. The van der Waals surface area contributed by atoms with Crippen molar-refractivity contribution in [1.29, 1.82) is 0 Å². The number of benzene rings is 1. The Morgan fingerprint density at radius 1 is 1.19 bits per heavy atom. The van der Waals surface area contributed by atoms with Crippen LogP contribution in [0.15, 0.2) is 35.5 Å². The molecule has 1 aliphatic rings. The minimum atomic E-state index is 0.166. The Balaban J connectivity index is 1.48. The number of carbonyl (C=O) groups excluding carboxylic acids is 1. The third-order valence-corrected chi connectivity index (χ3v) is 5.87. The number of amides is 1. The van der Waals surface area contributed by atoms with Gasteiger partial charge in [0.05, 0.1) is 38.0 Å². The van der Waals surface area contributed by atoms with Crippen molar-refractivity contribution >= 4 is 17.7 Å². The van der Waals surface area contributed by atoms with Crippen LogP contribution in [0.3, 0.4) is 0 Å². The van der Waals surface area contributed by atoms with E-state index in [4.69, 9.17) is 0 Å². The average molecular weight is 376 g/mol. The number of aromatic nitrogens is 4. The third kappa shape index (κ3) is 4.42. The molecule has 26 heavy (non-hydrogen) atoms. The molecule has 1 aromatic heterocycles. The van der Waals surface area contributed by atoms with Crippen LogP contribution in [0.2, 0.25) is 0 Å². The molecule has 1 aromatic carbocycles. The molecule has 0 unspecified atom stereocenters. The Hall–Kier alpha value is -1.93. The fourth-order valence-electron chi connectivity index (χ4n) is 3.28. The molecule has 1 amide bonds. The maximum absolute atomic E-state index is 12.5. The summed E-state index contributed by atoms with van der Waals surface area (Å²) >= 11 is 1.42. The minimum Gasteiger partial charge on any atom is -0.331 e. The van der Waals surface area contributed by atoms with E-state index in [2.05, 4.69) is 52.8 Å². The lowest BCUT2D eigenvalue weighted by Gasteiger charge is -2.35. The molecular formula is C18H27N6OS+. The van der Waals surface area contributed by atoms with Gasteiger partial charge >= 0.3 is 0 Å². The molecule has 7 nitrogen and oxygen atoms in total. The van der Waals surface area contributed by atoms with Crippen LogP contribution in [-0.4, -0.2) is 62.9 Å². The van der Waals surface area contributed by atoms with Crippen LogP contribution < -0.4 is 4.90 Å². The molecule has 0 spiro atoms. The summed E-state index contributed by atoms with van der Waals surface area (Å²) in [7, 11) is 0. The van der Waals surface area contributed by atoms with Gasteiger partial charge in [-0.25, -0.2) is 4.68 Å². The molecule has 0 bridgehead atoms. The number of quaternary nitrogens is 1. The number of nitrogens with zero attached hydrogens (tertiary/aromatic N) is 5. The lowest BCUT2D eigenvalue weighted by Crippen LogP contribution is -3.14. The van der Waals surface area contributed by atoms with Gasteiger partial charge in [-0.15, -0.1) is 5.10 Å². The van der Waals surface area contributed by atoms with Gasteiger partial charge in [0, 0.05) is 5.56 Å². The summed E-state index contributed by atoms with van der Waals surface area (Å²) in [5.41, 5.74) is 1.36. The van der Waals surface area contributed by atoms with E-state index in [9.17, 15) is 4.79 Å². The van der Waals surface area contributed by atoms with Crippen molar-refractivity contribution in [1.82, 2.24) is 25.1 Å². The largest absolute Gasteiger partial charge is 0.331 e. The number of tetrazole rings is 1. The summed E-state index contributed by atoms with van der Waals surface area (Å²) in [4.78, 5) is 16.0. The Morgan fingerprint density at radius 2 is 1.88 bits per heavy atom. The van der Waals surface area contributed by atoms with Crippen LogP contribution in [0.5, 0.6) is 0 Å². The Kier molecular flexibility index (Phi) is 6.26. The van der Waals surface area contributed by atoms with Gasteiger partial charge in [0.1, 0.15) is 6.04 Å². The molecular weight excluding hydrogens is 348 g/mol. The van der Waals surface area contributed by atoms with Crippen molar-refractivity contribution in [3.05, 3.63) is 35.9 Å². The first kappa shape index (κ1) is 18.8. The molecule has 1 atom stereocenters. The zero-order chi connectivity index (χ0) is 18.5.